The van der Waals surface area contributed by atoms with Crippen molar-refractivity contribution in [2.75, 3.05) is 37.7 Å². The summed E-state index contributed by atoms with van der Waals surface area (Å²) in [6, 6.07) is 13.1. The highest BCUT2D eigenvalue weighted by molar-refractivity contribution is 6.30. The van der Waals surface area contributed by atoms with E-state index < -0.39 is 18.4 Å². The van der Waals surface area contributed by atoms with Gasteiger partial charge >= 0.3 is 5.97 Å². The van der Waals surface area contributed by atoms with E-state index in [2.05, 4.69) is 4.90 Å². The van der Waals surface area contributed by atoms with E-state index in [0.29, 0.717) is 31.2 Å². The number of benzene rings is 2. The van der Waals surface area contributed by atoms with Crippen LogP contribution in [0.15, 0.2) is 48.5 Å². The fourth-order valence-corrected chi connectivity index (χ4v) is 2.99. The van der Waals surface area contributed by atoms with Crippen LogP contribution in [-0.4, -0.2) is 49.6 Å². The van der Waals surface area contributed by atoms with E-state index >= 15 is 0 Å². The molecule has 0 aromatic heterocycles. The predicted molar refractivity (Wildman–Crippen MR) is 96.9 cm³/mol. The van der Waals surface area contributed by atoms with E-state index in [1.807, 2.05) is 24.3 Å². The topological polar surface area (TPSA) is 49.9 Å². The summed E-state index contributed by atoms with van der Waals surface area (Å²) in [4.78, 5) is 27.9. The molecule has 0 spiro atoms. The van der Waals surface area contributed by atoms with Crippen LogP contribution in [0.2, 0.25) is 5.02 Å². The van der Waals surface area contributed by atoms with Gasteiger partial charge in [0.1, 0.15) is 5.82 Å². The van der Waals surface area contributed by atoms with E-state index in [-0.39, 0.29) is 11.5 Å². The molecular formula is C19H18ClFN2O3. The Hall–Kier alpha value is -2.60. The molecular weight excluding hydrogens is 359 g/mol. The number of amides is 1. The average Bonchev–Trinajstić information content (AvgIpc) is 2.66. The minimum atomic E-state index is -0.839. The summed E-state index contributed by atoms with van der Waals surface area (Å²) in [6.45, 7) is 1.95. The molecule has 0 atom stereocenters. The first-order valence-corrected chi connectivity index (χ1v) is 8.62. The second-order valence-electron chi connectivity index (χ2n) is 5.90. The highest BCUT2D eigenvalue weighted by atomic mass is 35.5. The molecule has 3 rings (SSSR count). The summed E-state index contributed by atoms with van der Waals surface area (Å²) in [5, 5.41) is 0.668. The fraction of sp³-hybridized carbons (Fsp3) is 0.263. The molecule has 1 fully saturated rings. The van der Waals surface area contributed by atoms with Gasteiger partial charge in [0, 0.05) is 36.9 Å². The molecule has 0 radical (unpaired) electrons. The second kappa shape index (κ2) is 8.19. The Morgan fingerprint density at radius 2 is 1.77 bits per heavy atom. The van der Waals surface area contributed by atoms with E-state index in [0.717, 1.165) is 5.69 Å². The van der Waals surface area contributed by atoms with Gasteiger partial charge in [-0.3, -0.25) is 4.79 Å². The first-order valence-electron chi connectivity index (χ1n) is 8.24. The maximum atomic E-state index is 13.5. The van der Waals surface area contributed by atoms with Gasteiger partial charge in [-0.1, -0.05) is 29.8 Å². The maximum absolute atomic E-state index is 13.5. The van der Waals surface area contributed by atoms with Gasteiger partial charge in [0.05, 0.1) is 5.56 Å². The molecule has 136 valence electrons. The fourth-order valence-electron chi connectivity index (χ4n) is 2.81. The first kappa shape index (κ1) is 18.2. The normalized spacial score (nSPS) is 14.2. The molecule has 1 aliphatic heterocycles. The van der Waals surface area contributed by atoms with Gasteiger partial charge in [0.15, 0.2) is 6.61 Å². The molecule has 2 aromatic rings. The van der Waals surface area contributed by atoms with Gasteiger partial charge in [-0.15, -0.1) is 0 Å². The zero-order valence-electron chi connectivity index (χ0n) is 14.0. The van der Waals surface area contributed by atoms with E-state index in [4.69, 9.17) is 16.3 Å². The van der Waals surface area contributed by atoms with Crippen molar-refractivity contribution in [3.63, 3.8) is 0 Å². The van der Waals surface area contributed by atoms with Crippen molar-refractivity contribution in [2.45, 2.75) is 0 Å². The molecule has 1 amide bonds. The molecule has 0 saturated carbocycles. The summed E-state index contributed by atoms with van der Waals surface area (Å²) < 4.78 is 18.5. The van der Waals surface area contributed by atoms with Crippen molar-refractivity contribution >= 4 is 29.2 Å². The number of hydrogen-bond acceptors (Lipinski definition) is 4. The van der Waals surface area contributed by atoms with Crippen molar-refractivity contribution in [3.8, 4) is 0 Å². The van der Waals surface area contributed by atoms with Crippen LogP contribution in [0.1, 0.15) is 10.4 Å². The SMILES string of the molecule is O=C(OCC(=O)N1CCN(c2cccc(Cl)c2)CC1)c1ccccc1F. The largest absolute Gasteiger partial charge is 0.452 e. The molecule has 0 unspecified atom stereocenters. The number of esters is 1. The smallest absolute Gasteiger partial charge is 0.341 e. The van der Waals surface area contributed by atoms with E-state index in [1.54, 1.807) is 4.90 Å². The predicted octanol–water partition coefficient (Wildman–Crippen LogP) is 2.98. The average molecular weight is 377 g/mol. The van der Waals surface area contributed by atoms with Gasteiger partial charge in [0.2, 0.25) is 0 Å². The van der Waals surface area contributed by atoms with Crippen LogP contribution < -0.4 is 4.90 Å². The number of nitrogens with zero attached hydrogens (tertiary/aromatic N) is 2. The first-order chi connectivity index (χ1) is 12.5. The zero-order valence-corrected chi connectivity index (χ0v) is 14.8. The molecule has 0 N–H and O–H groups in total. The zero-order chi connectivity index (χ0) is 18.5. The summed E-state index contributed by atoms with van der Waals surface area (Å²) >= 11 is 6.01. The molecule has 1 aliphatic rings. The third kappa shape index (κ3) is 4.32. The molecule has 1 saturated heterocycles. The van der Waals surface area contributed by atoms with Crippen LogP contribution in [0.25, 0.3) is 0 Å². The van der Waals surface area contributed by atoms with Crippen LogP contribution in [0.3, 0.4) is 0 Å². The van der Waals surface area contributed by atoms with Gasteiger partial charge in [-0.05, 0) is 30.3 Å². The quantitative estimate of drug-likeness (QED) is 0.770. The number of carbonyl (C=O) groups is 2. The molecule has 0 bridgehead atoms. The lowest BCUT2D eigenvalue weighted by Gasteiger charge is -2.36. The minimum absolute atomic E-state index is 0.175. The number of halogens is 2. The molecule has 2 aromatic carbocycles. The number of ether oxygens (including phenoxy) is 1. The highest BCUT2D eigenvalue weighted by Gasteiger charge is 2.23. The number of anilines is 1. The number of carbonyl (C=O) groups excluding carboxylic acids is 2. The van der Waals surface area contributed by atoms with Crippen LogP contribution in [0.5, 0.6) is 0 Å². The van der Waals surface area contributed by atoms with E-state index in [9.17, 15) is 14.0 Å². The molecule has 1 heterocycles. The van der Waals surface area contributed by atoms with Gasteiger partial charge in [-0.2, -0.15) is 0 Å². The van der Waals surface area contributed by atoms with Crippen molar-refractivity contribution in [1.82, 2.24) is 4.90 Å². The standard InChI is InChI=1S/C19H18ClFN2O3/c20-14-4-3-5-15(12-14)22-8-10-23(11-9-22)18(24)13-26-19(25)16-6-1-2-7-17(16)21/h1-7,12H,8-11,13H2. The lowest BCUT2D eigenvalue weighted by molar-refractivity contribution is -0.134. The summed E-state index contributed by atoms with van der Waals surface area (Å²) in [5.74, 6) is -1.80. The van der Waals surface area contributed by atoms with Gasteiger partial charge in [-0.25, -0.2) is 9.18 Å². The Balaban J connectivity index is 1.49. The Morgan fingerprint density at radius 1 is 1.04 bits per heavy atom. The third-order valence-electron chi connectivity index (χ3n) is 4.23. The second-order valence-corrected chi connectivity index (χ2v) is 6.34. The van der Waals surface area contributed by atoms with Crippen LogP contribution >= 0.6 is 11.6 Å². The van der Waals surface area contributed by atoms with Gasteiger partial charge in [0.25, 0.3) is 5.91 Å². The highest BCUT2D eigenvalue weighted by Crippen LogP contribution is 2.20. The van der Waals surface area contributed by atoms with Crippen LogP contribution in [-0.2, 0) is 9.53 Å². The van der Waals surface area contributed by atoms with Crippen molar-refractivity contribution in [1.29, 1.82) is 0 Å². The molecule has 5 nitrogen and oxygen atoms in total. The molecule has 0 aliphatic carbocycles. The van der Waals surface area contributed by atoms with E-state index in [1.165, 1.54) is 24.3 Å². The molecule has 7 heteroatoms. The number of hydrogen-bond donors (Lipinski definition) is 0. The Kier molecular flexibility index (Phi) is 5.73. The Morgan fingerprint density at radius 3 is 2.46 bits per heavy atom. The summed E-state index contributed by atoms with van der Waals surface area (Å²) in [7, 11) is 0. The third-order valence-corrected chi connectivity index (χ3v) is 4.46. The monoisotopic (exact) mass is 376 g/mol. The summed E-state index contributed by atoms with van der Waals surface area (Å²) in [5.41, 5.74) is 0.835. The van der Waals surface area contributed by atoms with Crippen molar-refractivity contribution in [3.05, 3.63) is 64.9 Å². The lowest BCUT2D eigenvalue weighted by atomic mass is 10.2. The minimum Gasteiger partial charge on any atom is -0.452 e. The lowest BCUT2D eigenvalue weighted by Crippen LogP contribution is -2.49. The van der Waals surface area contributed by atoms with Gasteiger partial charge < -0.3 is 14.5 Å². The Labute approximate surface area is 155 Å². The Bertz CT molecular complexity index is 807. The van der Waals surface area contributed by atoms with Crippen molar-refractivity contribution < 1.29 is 18.7 Å². The van der Waals surface area contributed by atoms with Crippen molar-refractivity contribution in [2.24, 2.45) is 0 Å². The summed E-state index contributed by atoms with van der Waals surface area (Å²) in [6.07, 6.45) is 0. The number of rotatable bonds is 4. The maximum Gasteiger partial charge on any atom is 0.341 e. The number of piperazine rings is 1. The van der Waals surface area contributed by atoms with Crippen LogP contribution in [0.4, 0.5) is 10.1 Å². The van der Waals surface area contributed by atoms with Crippen LogP contribution in [0, 0.1) is 5.82 Å². The molecule has 26 heavy (non-hydrogen) atoms.